The predicted molar refractivity (Wildman–Crippen MR) is 73.3 cm³/mol. The molecule has 1 aliphatic rings. The van der Waals surface area contributed by atoms with Crippen molar-refractivity contribution in [2.75, 3.05) is 39.5 Å². The minimum absolute atomic E-state index is 0.0174. The first-order valence-electron chi connectivity index (χ1n) is 7.18. The van der Waals surface area contributed by atoms with Crippen LogP contribution in [0.25, 0.3) is 0 Å². The molecule has 0 aromatic rings. The first-order valence-corrected chi connectivity index (χ1v) is 7.18. The second-order valence-corrected chi connectivity index (χ2v) is 5.47. The maximum absolute atomic E-state index is 11.1. The van der Waals surface area contributed by atoms with Crippen molar-refractivity contribution in [3.8, 4) is 0 Å². The van der Waals surface area contributed by atoms with Gasteiger partial charge >= 0.3 is 5.97 Å². The number of hydrogen-bond donors (Lipinski definition) is 1. The Morgan fingerprint density at radius 3 is 2.74 bits per heavy atom. The van der Waals surface area contributed by atoms with Gasteiger partial charge in [0, 0.05) is 19.2 Å². The van der Waals surface area contributed by atoms with Gasteiger partial charge in [0.2, 0.25) is 0 Å². The number of carboxylic acid groups (broad SMARTS) is 1. The number of carbonyl (C=O) groups is 1. The number of ether oxygens (including phenoxy) is 2. The highest BCUT2D eigenvalue weighted by molar-refractivity contribution is 5.71. The molecule has 1 fully saturated rings. The van der Waals surface area contributed by atoms with E-state index >= 15 is 0 Å². The number of nitrogens with zero attached hydrogens (tertiary/aromatic N) is 1. The molecular weight excluding hydrogens is 246 g/mol. The Kier molecular flexibility index (Phi) is 7.34. The molecule has 1 N–H and O–H groups in total. The van der Waals surface area contributed by atoms with E-state index in [1.165, 1.54) is 0 Å². The third-order valence-corrected chi connectivity index (χ3v) is 3.61. The van der Waals surface area contributed by atoms with E-state index in [9.17, 15) is 4.79 Å². The lowest BCUT2D eigenvalue weighted by atomic mass is 10.0. The summed E-state index contributed by atoms with van der Waals surface area (Å²) in [5, 5.41) is 9.16. The number of aliphatic carboxylic acids is 1. The summed E-state index contributed by atoms with van der Waals surface area (Å²) in [7, 11) is 0. The van der Waals surface area contributed by atoms with Gasteiger partial charge in [-0.25, -0.2) is 0 Å². The molecule has 1 rings (SSSR count). The van der Waals surface area contributed by atoms with Crippen molar-refractivity contribution in [2.45, 2.75) is 33.2 Å². The number of hydrogen-bond acceptors (Lipinski definition) is 4. The lowest BCUT2D eigenvalue weighted by Gasteiger charge is -2.28. The standard InChI is InChI=1S/C14H27NO4/c1-4-15(6-8-18-7-5-11(2)3)13-10-19-9-12(13)14(16)17/h11-13H,4-10H2,1-3H3,(H,16,17). The molecule has 5 nitrogen and oxygen atoms in total. The minimum atomic E-state index is -0.762. The van der Waals surface area contributed by atoms with Gasteiger partial charge < -0.3 is 14.6 Å². The molecule has 0 aliphatic carbocycles. The molecule has 2 atom stereocenters. The molecular formula is C14H27NO4. The van der Waals surface area contributed by atoms with E-state index in [1.54, 1.807) is 0 Å². The Balaban J connectivity index is 2.30. The SMILES string of the molecule is CCN(CCOCCC(C)C)C1COCC1C(=O)O. The van der Waals surface area contributed by atoms with Gasteiger partial charge in [-0.3, -0.25) is 9.69 Å². The Labute approximate surface area is 115 Å². The van der Waals surface area contributed by atoms with Crippen LogP contribution in [-0.2, 0) is 14.3 Å². The van der Waals surface area contributed by atoms with Crippen molar-refractivity contribution >= 4 is 5.97 Å². The van der Waals surface area contributed by atoms with Gasteiger partial charge in [0.05, 0.1) is 25.7 Å². The maximum atomic E-state index is 11.1. The van der Waals surface area contributed by atoms with Crippen molar-refractivity contribution in [3.05, 3.63) is 0 Å². The Morgan fingerprint density at radius 2 is 2.16 bits per heavy atom. The van der Waals surface area contributed by atoms with E-state index in [-0.39, 0.29) is 6.04 Å². The number of rotatable bonds is 9. The van der Waals surface area contributed by atoms with Crippen molar-refractivity contribution < 1.29 is 19.4 Å². The van der Waals surface area contributed by atoms with Gasteiger partial charge in [-0.15, -0.1) is 0 Å². The third kappa shape index (κ3) is 5.47. The van der Waals surface area contributed by atoms with Crippen LogP contribution >= 0.6 is 0 Å². The van der Waals surface area contributed by atoms with Gasteiger partial charge in [0.25, 0.3) is 0 Å². The summed E-state index contributed by atoms with van der Waals surface area (Å²) < 4.78 is 10.9. The molecule has 0 saturated carbocycles. The van der Waals surface area contributed by atoms with Crippen LogP contribution in [0.2, 0.25) is 0 Å². The van der Waals surface area contributed by atoms with Crippen LogP contribution in [0.3, 0.4) is 0 Å². The van der Waals surface area contributed by atoms with Crippen LogP contribution < -0.4 is 0 Å². The largest absolute Gasteiger partial charge is 0.481 e. The molecule has 1 heterocycles. The summed E-state index contributed by atoms with van der Waals surface area (Å²) in [6.45, 7) is 10.3. The molecule has 0 bridgehead atoms. The minimum Gasteiger partial charge on any atom is -0.481 e. The van der Waals surface area contributed by atoms with Gasteiger partial charge in [0.1, 0.15) is 0 Å². The van der Waals surface area contributed by atoms with Gasteiger partial charge in [-0.05, 0) is 18.9 Å². The zero-order chi connectivity index (χ0) is 14.3. The van der Waals surface area contributed by atoms with E-state index in [1.807, 2.05) is 6.92 Å². The zero-order valence-corrected chi connectivity index (χ0v) is 12.3. The zero-order valence-electron chi connectivity index (χ0n) is 12.3. The van der Waals surface area contributed by atoms with Crippen LogP contribution in [0.4, 0.5) is 0 Å². The maximum Gasteiger partial charge on any atom is 0.310 e. The molecule has 112 valence electrons. The molecule has 5 heteroatoms. The Bertz CT molecular complexity index is 270. The smallest absolute Gasteiger partial charge is 0.310 e. The van der Waals surface area contributed by atoms with E-state index < -0.39 is 11.9 Å². The van der Waals surface area contributed by atoms with Crippen molar-refractivity contribution in [1.82, 2.24) is 4.90 Å². The lowest BCUT2D eigenvalue weighted by Crippen LogP contribution is -2.44. The van der Waals surface area contributed by atoms with Crippen LogP contribution in [0.5, 0.6) is 0 Å². The topological polar surface area (TPSA) is 59.0 Å². The summed E-state index contributed by atoms with van der Waals surface area (Å²) in [6.07, 6.45) is 1.07. The Hall–Kier alpha value is -0.650. The molecule has 0 aromatic heterocycles. The summed E-state index contributed by atoms with van der Waals surface area (Å²) >= 11 is 0. The summed E-state index contributed by atoms with van der Waals surface area (Å²) in [5.74, 6) is -0.515. The second kappa shape index (κ2) is 8.51. The molecule has 1 saturated heterocycles. The predicted octanol–water partition coefficient (Wildman–Crippen LogP) is 1.47. The van der Waals surface area contributed by atoms with Crippen LogP contribution in [0, 0.1) is 11.8 Å². The van der Waals surface area contributed by atoms with E-state index in [2.05, 4.69) is 18.7 Å². The highest BCUT2D eigenvalue weighted by atomic mass is 16.5. The average Bonchev–Trinajstić information content (AvgIpc) is 2.82. The molecule has 1 aliphatic heterocycles. The van der Waals surface area contributed by atoms with Gasteiger partial charge in [0.15, 0.2) is 0 Å². The first kappa shape index (κ1) is 16.4. The third-order valence-electron chi connectivity index (χ3n) is 3.61. The molecule has 0 radical (unpaired) electrons. The van der Waals surface area contributed by atoms with Crippen molar-refractivity contribution in [2.24, 2.45) is 11.8 Å². The summed E-state index contributed by atoms with van der Waals surface area (Å²) in [6, 6.07) is -0.0174. The van der Waals surface area contributed by atoms with E-state index in [4.69, 9.17) is 14.6 Å². The van der Waals surface area contributed by atoms with Crippen molar-refractivity contribution in [3.63, 3.8) is 0 Å². The monoisotopic (exact) mass is 273 g/mol. The van der Waals surface area contributed by atoms with Crippen LogP contribution in [0.1, 0.15) is 27.2 Å². The highest BCUT2D eigenvalue weighted by Crippen LogP contribution is 2.19. The molecule has 0 spiro atoms. The summed E-state index contributed by atoms with van der Waals surface area (Å²) in [5.41, 5.74) is 0. The second-order valence-electron chi connectivity index (χ2n) is 5.47. The van der Waals surface area contributed by atoms with Gasteiger partial charge in [-0.1, -0.05) is 20.8 Å². The lowest BCUT2D eigenvalue weighted by molar-refractivity contribution is -0.143. The molecule has 2 unspecified atom stereocenters. The van der Waals surface area contributed by atoms with Crippen LogP contribution in [-0.4, -0.2) is 61.5 Å². The number of carboxylic acids is 1. The fraction of sp³-hybridized carbons (Fsp3) is 0.929. The Morgan fingerprint density at radius 1 is 1.42 bits per heavy atom. The fourth-order valence-electron chi connectivity index (χ4n) is 2.30. The average molecular weight is 273 g/mol. The summed E-state index contributed by atoms with van der Waals surface area (Å²) in [4.78, 5) is 13.3. The fourth-order valence-corrected chi connectivity index (χ4v) is 2.30. The van der Waals surface area contributed by atoms with Gasteiger partial charge in [-0.2, -0.15) is 0 Å². The first-order chi connectivity index (χ1) is 9.06. The van der Waals surface area contributed by atoms with E-state index in [0.29, 0.717) is 25.7 Å². The highest BCUT2D eigenvalue weighted by Gasteiger charge is 2.37. The normalized spacial score (nSPS) is 23.4. The van der Waals surface area contributed by atoms with Crippen LogP contribution in [0.15, 0.2) is 0 Å². The molecule has 0 aromatic carbocycles. The quantitative estimate of drug-likeness (QED) is 0.645. The molecule has 19 heavy (non-hydrogen) atoms. The van der Waals surface area contributed by atoms with E-state index in [0.717, 1.165) is 26.1 Å². The van der Waals surface area contributed by atoms with Crippen molar-refractivity contribution in [1.29, 1.82) is 0 Å². The number of likely N-dealkylation sites (N-methyl/N-ethyl adjacent to an activating group) is 1. The molecule has 0 amide bonds.